The predicted octanol–water partition coefficient (Wildman–Crippen LogP) is 4.79. The summed E-state index contributed by atoms with van der Waals surface area (Å²) in [6.45, 7) is -0.399. The van der Waals surface area contributed by atoms with Gasteiger partial charge in [0.15, 0.2) is 35.9 Å². The summed E-state index contributed by atoms with van der Waals surface area (Å²) in [5.74, 6) is -2.32. The molecule has 0 aliphatic rings. The maximum atomic E-state index is 14.7. The third-order valence-electron chi connectivity index (χ3n) is 4.43. The highest BCUT2D eigenvalue weighted by molar-refractivity contribution is 6.33. The first-order chi connectivity index (χ1) is 15.0. The maximum Gasteiger partial charge on any atom is 0.201 e. The Hall–Kier alpha value is -4.03. The minimum absolute atomic E-state index is 0.0372. The van der Waals surface area contributed by atoms with E-state index in [9.17, 15) is 13.6 Å². The van der Waals surface area contributed by atoms with Gasteiger partial charge < -0.3 is 10.1 Å². The van der Waals surface area contributed by atoms with Crippen molar-refractivity contribution >= 4 is 35.0 Å². The van der Waals surface area contributed by atoms with E-state index in [4.69, 9.17) is 21.6 Å². The van der Waals surface area contributed by atoms with Gasteiger partial charge in [0.1, 0.15) is 6.07 Å². The number of aromatic nitrogens is 3. The number of anilines is 2. The molecule has 0 bridgehead atoms. The number of nitriles is 1. The highest BCUT2D eigenvalue weighted by Gasteiger charge is 2.19. The molecule has 2 aromatic heterocycles. The van der Waals surface area contributed by atoms with Crippen LogP contribution in [0.5, 0.6) is 5.75 Å². The Bertz CT molecular complexity index is 1350. The summed E-state index contributed by atoms with van der Waals surface area (Å²) in [4.78, 5) is 19.4. The van der Waals surface area contributed by atoms with Gasteiger partial charge in [-0.05, 0) is 30.3 Å². The molecular weight excluding hydrogens is 428 g/mol. The second kappa shape index (κ2) is 8.38. The van der Waals surface area contributed by atoms with Crippen molar-refractivity contribution in [1.82, 2.24) is 14.4 Å². The Morgan fingerprint density at radius 3 is 2.81 bits per heavy atom. The van der Waals surface area contributed by atoms with Gasteiger partial charge in [-0.2, -0.15) is 9.65 Å². The molecule has 7 nitrogen and oxygen atoms in total. The van der Waals surface area contributed by atoms with E-state index in [0.29, 0.717) is 29.0 Å². The van der Waals surface area contributed by atoms with Crippen LogP contribution >= 0.6 is 11.6 Å². The van der Waals surface area contributed by atoms with E-state index in [0.717, 1.165) is 0 Å². The van der Waals surface area contributed by atoms with Gasteiger partial charge in [0.05, 0.1) is 16.9 Å². The summed E-state index contributed by atoms with van der Waals surface area (Å²) in [6, 6.07) is 9.07. The maximum absolute atomic E-state index is 14.7. The fourth-order valence-electron chi connectivity index (χ4n) is 2.99. The van der Waals surface area contributed by atoms with Crippen LogP contribution in [0.4, 0.5) is 20.3 Å². The van der Waals surface area contributed by atoms with Crippen LogP contribution in [0.2, 0.25) is 5.02 Å². The third kappa shape index (κ3) is 3.76. The number of aldehydes is 1. The number of carbonyl (C=O) groups excluding carboxylic acids is 1. The zero-order valence-electron chi connectivity index (χ0n) is 15.6. The number of carbonyl (C=O) groups is 1. The highest BCUT2D eigenvalue weighted by Crippen LogP contribution is 2.32. The number of nitrogens with one attached hydrogen (secondary N) is 1. The molecule has 0 aliphatic heterocycles. The van der Waals surface area contributed by atoms with Crippen molar-refractivity contribution in [2.24, 2.45) is 0 Å². The average Bonchev–Trinajstić information content (AvgIpc) is 3.20. The molecule has 0 saturated carbocycles. The van der Waals surface area contributed by atoms with E-state index in [2.05, 4.69) is 15.3 Å². The van der Waals surface area contributed by atoms with Crippen LogP contribution in [0, 0.1) is 23.0 Å². The van der Waals surface area contributed by atoms with Crippen LogP contribution in [-0.2, 0) is 0 Å². The average molecular weight is 440 g/mol. The monoisotopic (exact) mass is 439 g/mol. The van der Waals surface area contributed by atoms with Crippen LogP contribution in [0.3, 0.4) is 0 Å². The summed E-state index contributed by atoms with van der Waals surface area (Å²) >= 11 is 6.06. The van der Waals surface area contributed by atoms with E-state index in [1.807, 2.05) is 0 Å². The predicted molar refractivity (Wildman–Crippen MR) is 110 cm³/mol. The summed E-state index contributed by atoms with van der Waals surface area (Å²) < 4.78 is 35.5. The zero-order valence-corrected chi connectivity index (χ0v) is 16.4. The topological polar surface area (TPSA) is 92.3 Å². The zero-order chi connectivity index (χ0) is 22.0. The van der Waals surface area contributed by atoms with Gasteiger partial charge in [-0.15, -0.1) is 0 Å². The second-order valence-electron chi connectivity index (χ2n) is 6.28. The molecule has 1 N–H and O–H groups in total. The van der Waals surface area contributed by atoms with Gasteiger partial charge in [-0.25, -0.2) is 14.4 Å². The molecule has 2 heterocycles. The molecule has 31 heavy (non-hydrogen) atoms. The number of hydrogen-bond donors (Lipinski definition) is 1. The molecule has 4 rings (SSSR count). The lowest BCUT2D eigenvalue weighted by atomic mass is 10.1. The number of hydrogen-bond acceptors (Lipinski definition) is 6. The van der Waals surface area contributed by atoms with Gasteiger partial charge in [0, 0.05) is 29.2 Å². The van der Waals surface area contributed by atoms with E-state index < -0.39 is 18.2 Å². The molecule has 0 unspecified atom stereocenters. The van der Waals surface area contributed by atoms with Crippen molar-refractivity contribution in [1.29, 1.82) is 5.26 Å². The van der Waals surface area contributed by atoms with Gasteiger partial charge in [-0.1, -0.05) is 11.6 Å². The number of ether oxygens (including phenoxy) is 1. The summed E-state index contributed by atoms with van der Waals surface area (Å²) in [5.41, 5.74) is 1.53. The Morgan fingerprint density at radius 2 is 2.06 bits per heavy atom. The van der Waals surface area contributed by atoms with Crippen molar-refractivity contribution in [3.8, 4) is 23.1 Å². The Labute approximate surface area is 179 Å². The molecular formula is C21H12ClF2N5O2. The molecule has 0 radical (unpaired) electrons. The Morgan fingerprint density at radius 1 is 1.23 bits per heavy atom. The number of rotatable bonds is 6. The number of nitrogens with zero attached hydrogens (tertiary/aromatic N) is 4. The standard InChI is InChI=1S/C21H12ClF2N5O2/c22-15-9-13(2-1-12(15)11-30)28-20-21-27-10-16(29(21)7-6-26-20)14-3-4-17(31-8-5-25)19(24)18(14)23/h1-4,6-7,9-11H,8H2,(H,26,28). The van der Waals surface area contributed by atoms with Gasteiger partial charge in [-0.3, -0.25) is 9.20 Å². The lowest BCUT2D eigenvalue weighted by molar-refractivity contribution is 0.112. The molecule has 154 valence electrons. The van der Waals surface area contributed by atoms with Crippen LogP contribution in [0.15, 0.2) is 48.9 Å². The molecule has 2 aromatic carbocycles. The first-order valence-corrected chi connectivity index (χ1v) is 9.23. The van der Waals surface area contributed by atoms with Crippen LogP contribution in [0.1, 0.15) is 10.4 Å². The molecule has 10 heteroatoms. The lowest BCUT2D eigenvalue weighted by Crippen LogP contribution is -2.01. The molecule has 0 fully saturated rings. The molecule has 4 aromatic rings. The van der Waals surface area contributed by atoms with Crippen molar-refractivity contribution in [2.45, 2.75) is 0 Å². The van der Waals surface area contributed by atoms with E-state index in [-0.39, 0.29) is 22.0 Å². The van der Waals surface area contributed by atoms with Crippen molar-refractivity contribution in [2.75, 3.05) is 11.9 Å². The summed E-state index contributed by atoms with van der Waals surface area (Å²) in [6.07, 6.45) is 5.07. The van der Waals surface area contributed by atoms with Crippen LogP contribution in [0.25, 0.3) is 16.9 Å². The van der Waals surface area contributed by atoms with Crippen LogP contribution in [-0.4, -0.2) is 27.3 Å². The van der Waals surface area contributed by atoms with E-state index >= 15 is 0 Å². The molecule has 0 amide bonds. The first-order valence-electron chi connectivity index (χ1n) is 8.85. The van der Waals surface area contributed by atoms with Crippen LogP contribution < -0.4 is 10.1 Å². The van der Waals surface area contributed by atoms with E-state index in [1.165, 1.54) is 24.5 Å². The normalized spacial score (nSPS) is 10.6. The first kappa shape index (κ1) is 20.3. The van der Waals surface area contributed by atoms with E-state index in [1.54, 1.807) is 34.9 Å². The molecule has 0 aliphatic carbocycles. The number of benzene rings is 2. The summed E-state index contributed by atoms with van der Waals surface area (Å²) in [5, 5.41) is 11.9. The molecule has 0 atom stereocenters. The van der Waals surface area contributed by atoms with Gasteiger partial charge in [0.25, 0.3) is 0 Å². The van der Waals surface area contributed by atoms with Gasteiger partial charge in [0.2, 0.25) is 5.82 Å². The fourth-order valence-corrected chi connectivity index (χ4v) is 3.22. The van der Waals surface area contributed by atoms with Crippen molar-refractivity contribution < 1.29 is 18.3 Å². The van der Waals surface area contributed by atoms with Crippen molar-refractivity contribution in [3.05, 3.63) is 71.1 Å². The molecule has 0 spiro atoms. The van der Waals surface area contributed by atoms with Gasteiger partial charge >= 0.3 is 0 Å². The fraction of sp³-hybridized carbons (Fsp3) is 0.0476. The Kier molecular flexibility index (Phi) is 5.47. The SMILES string of the molecule is N#CCOc1ccc(-c2cnc3c(Nc4ccc(C=O)c(Cl)c4)nccn23)c(F)c1F. The molecule has 0 saturated heterocycles. The minimum atomic E-state index is -1.19. The quantitative estimate of drug-likeness (QED) is 0.434. The number of imidazole rings is 1. The Balaban J connectivity index is 1.73. The van der Waals surface area contributed by atoms with Crippen molar-refractivity contribution in [3.63, 3.8) is 0 Å². The minimum Gasteiger partial charge on any atom is -0.476 e. The summed E-state index contributed by atoms with van der Waals surface area (Å²) in [7, 11) is 0. The number of halogens is 3. The largest absolute Gasteiger partial charge is 0.476 e. The lowest BCUT2D eigenvalue weighted by Gasteiger charge is -2.10. The highest BCUT2D eigenvalue weighted by atomic mass is 35.5. The second-order valence-corrected chi connectivity index (χ2v) is 6.69. The number of fused-ring (bicyclic) bond motifs is 1. The third-order valence-corrected chi connectivity index (χ3v) is 4.76. The smallest absolute Gasteiger partial charge is 0.201 e.